The summed E-state index contributed by atoms with van der Waals surface area (Å²) >= 11 is 0. The summed E-state index contributed by atoms with van der Waals surface area (Å²) in [6, 6.07) is 2.02. The van der Waals surface area contributed by atoms with Gasteiger partial charge in [-0.25, -0.2) is 9.97 Å². The topological polar surface area (TPSA) is 37.8 Å². The highest BCUT2D eigenvalue weighted by molar-refractivity contribution is 4.95. The molecule has 3 heteroatoms. The number of rotatable bonds is 2. The van der Waals surface area contributed by atoms with Crippen LogP contribution < -0.4 is 5.32 Å². The molecule has 0 aliphatic heterocycles. The van der Waals surface area contributed by atoms with Crippen LogP contribution in [0.15, 0.2) is 18.5 Å². The van der Waals surface area contributed by atoms with Gasteiger partial charge < -0.3 is 5.32 Å². The van der Waals surface area contributed by atoms with E-state index in [4.69, 9.17) is 0 Å². The van der Waals surface area contributed by atoms with Crippen LogP contribution in [0.1, 0.15) is 39.6 Å². The fourth-order valence-corrected chi connectivity index (χ4v) is 1.25. The number of nitrogens with one attached hydrogen (secondary N) is 1. The van der Waals surface area contributed by atoms with Gasteiger partial charge in [0.25, 0.3) is 0 Å². The summed E-state index contributed by atoms with van der Waals surface area (Å²) in [5.74, 6) is 0.845. The Balaban J connectivity index is 2.64. The van der Waals surface area contributed by atoms with Crippen LogP contribution in [0, 0.1) is 0 Å². The second-order valence-corrected chi connectivity index (χ2v) is 4.22. The lowest BCUT2D eigenvalue weighted by atomic mass is 10.1. The van der Waals surface area contributed by atoms with Crippen molar-refractivity contribution in [2.24, 2.45) is 0 Å². The second kappa shape index (κ2) is 3.83. The monoisotopic (exact) mass is 179 g/mol. The minimum atomic E-state index is 0.0959. The lowest BCUT2D eigenvalue weighted by Crippen LogP contribution is -2.38. The number of hydrogen-bond acceptors (Lipinski definition) is 3. The Bertz CT molecular complexity index is 251. The second-order valence-electron chi connectivity index (χ2n) is 4.22. The molecule has 0 fully saturated rings. The Morgan fingerprint density at radius 1 is 1.23 bits per heavy atom. The van der Waals surface area contributed by atoms with E-state index in [0.29, 0.717) is 0 Å². The van der Waals surface area contributed by atoms with Gasteiger partial charge in [0.1, 0.15) is 5.82 Å². The first kappa shape index (κ1) is 10.1. The van der Waals surface area contributed by atoms with E-state index in [1.165, 1.54) is 0 Å². The highest BCUT2D eigenvalue weighted by Crippen LogP contribution is 2.10. The van der Waals surface area contributed by atoms with E-state index in [1.807, 2.05) is 6.07 Å². The van der Waals surface area contributed by atoms with Crippen LogP contribution in [0.25, 0.3) is 0 Å². The minimum Gasteiger partial charge on any atom is -0.303 e. The SMILES string of the molecule is CC(NC(C)(C)C)c1ncccn1. The standard InChI is InChI=1S/C10H17N3/c1-8(13-10(2,3)4)9-11-6-5-7-12-9/h5-8,13H,1-4H3. The maximum absolute atomic E-state index is 4.19. The molecule has 1 heterocycles. The molecule has 1 aromatic rings. The Hall–Kier alpha value is -0.960. The number of aromatic nitrogens is 2. The smallest absolute Gasteiger partial charge is 0.144 e. The van der Waals surface area contributed by atoms with E-state index in [9.17, 15) is 0 Å². The number of nitrogens with zero attached hydrogens (tertiary/aromatic N) is 2. The molecule has 0 bridgehead atoms. The van der Waals surface area contributed by atoms with Gasteiger partial charge in [-0.1, -0.05) is 0 Å². The molecule has 0 aromatic carbocycles. The van der Waals surface area contributed by atoms with Gasteiger partial charge in [0.05, 0.1) is 6.04 Å². The molecule has 0 amide bonds. The van der Waals surface area contributed by atoms with Crippen LogP contribution in [0.4, 0.5) is 0 Å². The zero-order valence-corrected chi connectivity index (χ0v) is 8.70. The lowest BCUT2D eigenvalue weighted by Gasteiger charge is -2.24. The summed E-state index contributed by atoms with van der Waals surface area (Å²) in [6.45, 7) is 8.46. The fraction of sp³-hybridized carbons (Fsp3) is 0.600. The maximum atomic E-state index is 4.19. The molecule has 0 aliphatic rings. The Morgan fingerprint density at radius 3 is 2.23 bits per heavy atom. The van der Waals surface area contributed by atoms with Crippen molar-refractivity contribution in [3.8, 4) is 0 Å². The van der Waals surface area contributed by atoms with E-state index >= 15 is 0 Å². The van der Waals surface area contributed by atoms with Crippen LogP contribution >= 0.6 is 0 Å². The Morgan fingerprint density at radius 2 is 1.77 bits per heavy atom. The predicted molar refractivity (Wildman–Crippen MR) is 53.3 cm³/mol. The van der Waals surface area contributed by atoms with E-state index in [-0.39, 0.29) is 11.6 Å². The summed E-state index contributed by atoms with van der Waals surface area (Å²) in [5, 5.41) is 3.41. The molecular weight excluding hydrogens is 162 g/mol. The molecule has 0 radical (unpaired) electrons. The van der Waals surface area contributed by atoms with Crippen molar-refractivity contribution >= 4 is 0 Å². The van der Waals surface area contributed by atoms with Gasteiger partial charge >= 0.3 is 0 Å². The molecule has 72 valence electrons. The molecule has 13 heavy (non-hydrogen) atoms. The summed E-state index contributed by atoms with van der Waals surface area (Å²) in [5.41, 5.74) is 0.0959. The molecule has 1 N–H and O–H groups in total. The highest BCUT2D eigenvalue weighted by atomic mass is 15.0. The molecule has 0 spiro atoms. The summed E-state index contributed by atoms with van der Waals surface area (Å²) in [7, 11) is 0. The molecular formula is C10H17N3. The average molecular weight is 179 g/mol. The third-order valence-electron chi connectivity index (χ3n) is 1.62. The predicted octanol–water partition coefficient (Wildman–Crippen LogP) is 1.93. The van der Waals surface area contributed by atoms with Crippen molar-refractivity contribution < 1.29 is 0 Å². The van der Waals surface area contributed by atoms with Crippen molar-refractivity contribution in [1.29, 1.82) is 0 Å². The van der Waals surface area contributed by atoms with Crippen molar-refractivity contribution in [3.63, 3.8) is 0 Å². The molecule has 1 aromatic heterocycles. The van der Waals surface area contributed by atoms with E-state index in [1.54, 1.807) is 12.4 Å². The first-order valence-corrected chi connectivity index (χ1v) is 4.53. The van der Waals surface area contributed by atoms with Crippen LogP contribution in [-0.2, 0) is 0 Å². The van der Waals surface area contributed by atoms with Gasteiger partial charge in [0.2, 0.25) is 0 Å². The fourth-order valence-electron chi connectivity index (χ4n) is 1.25. The zero-order chi connectivity index (χ0) is 9.90. The van der Waals surface area contributed by atoms with Crippen LogP contribution in [-0.4, -0.2) is 15.5 Å². The third kappa shape index (κ3) is 3.51. The van der Waals surface area contributed by atoms with Gasteiger partial charge in [0.15, 0.2) is 0 Å². The molecule has 0 aliphatic carbocycles. The normalized spacial score (nSPS) is 14.2. The molecule has 0 saturated carbocycles. The summed E-state index contributed by atoms with van der Waals surface area (Å²) in [4.78, 5) is 8.38. The molecule has 0 saturated heterocycles. The van der Waals surface area contributed by atoms with Gasteiger partial charge in [0, 0.05) is 17.9 Å². The van der Waals surface area contributed by atoms with Crippen LogP contribution in [0.5, 0.6) is 0 Å². The number of hydrogen-bond donors (Lipinski definition) is 1. The summed E-state index contributed by atoms with van der Waals surface area (Å²) < 4.78 is 0. The van der Waals surface area contributed by atoms with Gasteiger partial charge in [-0.3, -0.25) is 0 Å². The quantitative estimate of drug-likeness (QED) is 0.753. The summed E-state index contributed by atoms with van der Waals surface area (Å²) in [6.07, 6.45) is 3.53. The van der Waals surface area contributed by atoms with E-state index < -0.39 is 0 Å². The first-order valence-electron chi connectivity index (χ1n) is 4.53. The molecule has 1 rings (SSSR count). The molecule has 3 nitrogen and oxygen atoms in total. The third-order valence-corrected chi connectivity index (χ3v) is 1.62. The lowest BCUT2D eigenvalue weighted by molar-refractivity contribution is 0.369. The Labute approximate surface area is 79.6 Å². The zero-order valence-electron chi connectivity index (χ0n) is 8.70. The van der Waals surface area contributed by atoms with Crippen LogP contribution in [0.2, 0.25) is 0 Å². The van der Waals surface area contributed by atoms with Crippen molar-refractivity contribution in [2.45, 2.75) is 39.3 Å². The minimum absolute atomic E-state index is 0.0959. The van der Waals surface area contributed by atoms with Gasteiger partial charge in [-0.05, 0) is 33.8 Å². The first-order chi connectivity index (χ1) is 5.99. The molecule has 1 unspecified atom stereocenters. The largest absolute Gasteiger partial charge is 0.303 e. The van der Waals surface area contributed by atoms with Crippen molar-refractivity contribution in [3.05, 3.63) is 24.3 Å². The molecule has 1 atom stereocenters. The van der Waals surface area contributed by atoms with Crippen molar-refractivity contribution in [1.82, 2.24) is 15.3 Å². The highest BCUT2D eigenvalue weighted by Gasteiger charge is 2.15. The van der Waals surface area contributed by atoms with Gasteiger partial charge in [-0.2, -0.15) is 0 Å². The van der Waals surface area contributed by atoms with E-state index in [0.717, 1.165) is 5.82 Å². The maximum Gasteiger partial charge on any atom is 0.144 e. The van der Waals surface area contributed by atoms with Crippen LogP contribution in [0.3, 0.4) is 0 Å². The van der Waals surface area contributed by atoms with E-state index in [2.05, 4.69) is 43.0 Å². The van der Waals surface area contributed by atoms with Gasteiger partial charge in [-0.15, -0.1) is 0 Å². The Kier molecular flexibility index (Phi) is 2.98. The van der Waals surface area contributed by atoms with Crippen molar-refractivity contribution in [2.75, 3.05) is 0 Å². The average Bonchev–Trinajstić information content (AvgIpc) is 2.03.